The number of carbonyl (C=O) groups excluding carboxylic acids is 1. The van der Waals surface area contributed by atoms with E-state index in [-0.39, 0.29) is 12.5 Å². The van der Waals surface area contributed by atoms with Crippen molar-refractivity contribution in [2.45, 2.75) is 6.54 Å². The minimum absolute atomic E-state index is 0.0745. The van der Waals surface area contributed by atoms with Gasteiger partial charge in [0.2, 0.25) is 5.91 Å². The van der Waals surface area contributed by atoms with Crippen LogP contribution in [0.25, 0.3) is 0 Å². The molecule has 0 spiro atoms. The summed E-state index contributed by atoms with van der Waals surface area (Å²) in [5, 5.41) is 6.83. The summed E-state index contributed by atoms with van der Waals surface area (Å²) in [6, 6.07) is 10.0. The summed E-state index contributed by atoms with van der Waals surface area (Å²) in [5.74, 6) is -0.0745. The zero-order valence-corrected chi connectivity index (χ0v) is 11.5. The Morgan fingerprint density at radius 1 is 1.40 bits per heavy atom. The van der Waals surface area contributed by atoms with E-state index in [4.69, 9.17) is 5.73 Å². The third-order valence-electron chi connectivity index (χ3n) is 2.93. The molecule has 3 N–H and O–H groups in total. The topological polar surface area (TPSA) is 76.2 Å². The van der Waals surface area contributed by atoms with E-state index in [1.54, 1.807) is 6.20 Å². The number of hydrogen-bond acceptors (Lipinski definition) is 4. The Balaban J connectivity index is 1.71. The molecule has 1 aromatic carbocycles. The lowest BCUT2D eigenvalue weighted by atomic mass is 10.3. The number of amides is 1. The lowest BCUT2D eigenvalue weighted by Gasteiger charge is -2.19. The molecular weight excluding hydrogens is 254 g/mol. The summed E-state index contributed by atoms with van der Waals surface area (Å²) in [4.78, 5) is 13.8. The molecule has 0 bridgehead atoms. The van der Waals surface area contributed by atoms with Crippen molar-refractivity contribution < 1.29 is 4.79 Å². The molecule has 1 amide bonds. The van der Waals surface area contributed by atoms with Gasteiger partial charge in [0.15, 0.2) is 0 Å². The molecule has 0 unspecified atom stereocenters. The lowest BCUT2D eigenvalue weighted by Crippen LogP contribution is -2.34. The second-order valence-corrected chi connectivity index (χ2v) is 4.58. The number of benzene rings is 1. The van der Waals surface area contributed by atoms with Crippen LogP contribution in [0.5, 0.6) is 0 Å². The standard InChI is InChI=1S/C14H19N5O/c1-18(13-5-3-2-4-6-13)8-7-16-14(20)11-19-10-12(15)9-17-19/h2-6,9-10H,7-8,11,15H2,1H3,(H,16,20). The van der Waals surface area contributed by atoms with E-state index in [0.717, 1.165) is 12.2 Å². The molecule has 0 atom stereocenters. The van der Waals surface area contributed by atoms with Crippen LogP contribution in [0.2, 0.25) is 0 Å². The summed E-state index contributed by atoms with van der Waals surface area (Å²) in [7, 11) is 2.00. The zero-order valence-electron chi connectivity index (χ0n) is 11.5. The maximum atomic E-state index is 11.7. The fourth-order valence-corrected chi connectivity index (χ4v) is 1.84. The minimum Gasteiger partial charge on any atom is -0.396 e. The highest BCUT2D eigenvalue weighted by molar-refractivity contribution is 5.75. The third kappa shape index (κ3) is 4.01. The van der Waals surface area contributed by atoms with Crippen LogP contribution in [0.15, 0.2) is 42.7 Å². The molecule has 20 heavy (non-hydrogen) atoms. The third-order valence-corrected chi connectivity index (χ3v) is 2.93. The minimum atomic E-state index is -0.0745. The van der Waals surface area contributed by atoms with Gasteiger partial charge in [0, 0.05) is 32.0 Å². The Labute approximate surface area is 118 Å². The van der Waals surface area contributed by atoms with Gasteiger partial charge in [-0.1, -0.05) is 18.2 Å². The SMILES string of the molecule is CN(CCNC(=O)Cn1cc(N)cn1)c1ccccc1. The van der Waals surface area contributed by atoms with Crippen LogP contribution in [0.4, 0.5) is 11.4 Å². The number of carbonyl (C=O) groups is 1. The highest BCUT2D eigenvalue weighted by atomic mass is 16.2. The van der Waals surface area contributed by atoms with E-state index in [0.29, 0.717) is 12.2 Å². The number of likely N-dealkylation sites (N-methyl/N-ethyl adjacent to an activating group) is 1. The molecule has 0 fully saturated rings. The molecule has 0 aliphatic heterocycles. The van der Waals surface area contributed by atoms with Gasteiger partial charge in [-0.3, -0.25) is 9.48 Å². The molecule has 0 saturated carbocycles. The smallest absolute Gasteiger partial charge is 0.241 e. The predicted molar refractivity (Wildman–Crippen MR) is 79.4 cm³/mol. The quantitative estimate of drug-likeness (QED) is 0.813. The van der Waals surface area contributed by atoms with Crippen LogP contribution in [-0.2, 0) is 11.3 Å². The molecule has 0 radical (unpaired) electrons. The molecule has 2 aromatic rings. The summed E-state index contributed by atoms with van der Waals surface area (Å²) in [6.07, 6.45) is 3.16. The van der Waals surface area contributed by atoms with E-state index in [1.165, 1.54) is 10.9 Å². The summed E-state index contributed by atoms with van der Waals surface area (Å²) in [6.45, 7) is 1.52. The molecule has 1 heterocycles. The van der Waals surface area contributed by atoms with Crippen molar-refractivity contribution >= 4 is 17.3 Å². The van der Waals surface area contributed by atoms with Gasteiger partial charge in [-0.2, -0.15) is 5.10 Å². The molecule has 106 valence electrons. The van der Waals surface area contributed by atoms with Gasteiger partial charge in [0.1, 0.15) is 6.54 Å². The number of nitrogens with one attached hydrogen (secondary N) is 1. The predicted octanol–water partition coefficient (Wildman–Crippen LogP) is 0.718. The van der Waals surface area contributed by atoms with Gasteiger partial charge >= 0.3 is 0 Å². The monoisotopic (exact) mass is 273 g/mol. The second-order valence-electron chi connectivity index (χ2n) is 4.58. The largest absolute Gasteiger partial charge is 0.396 e. The molecule has 2 rings (SSSR count). The molecule has 6 heteroatoms. The Morgan fingerprint density at radius 3 is 2.80 bits per heavy atom. The number of nitrogen functional groups attached to an aromatic ring is 1. The average molecular weight is 273 g/mol. The van der Waals surface area contributed by atoms with Crippen molar-refractivity contribution in [1.82, 2.24) is 15.1 Å². The highest BCUT2D eigenvalue weighted by Gasteiger charge is 2.04. The molecule has 0 aliphatic rings. The maximum Gasteiger partial charge on any atom is 0.241 e. The van der Waals surface area contributed by atoms with E-state index in [9.17, 15) is 4.79 Å². The van der Waals surface area contributed by atoms with Gasteiger partial charge in [-0.25, -0.2) is 0 Å². The molecule has 0 aliphatic carbocycles. The van der Waals surface area contributed by atoms with Crippen molar-refractivity contribution in [3.8, 4) is 0 Å². The van der Waals surface area contributed by atoms with Crippen molar-refractivity contribution in [1.29, 1.82) is 0 Å². The molecule has 6 nitrogen and oxygen atoms in total. The second kappa shape index (κ2) is 6.60. The first-order chi connectivity index (χ1) is 9.65. The highest BCUT2D eigenvalue weighted by Crippen LogP contribution is 2.09. The number of nitrogens with zero attached hydrogens (tertiary/aromatic N) is 3. The Morgan fingerprint density at radius 2 is 2.15 bits per heavy atom. The van der Waals surface area contributed by atoms with Crippen molar-refractivity contribution in [2.24, 2.45) is 0 Å². The number of hydrogen-bond donors (Lipinski definition) is 2. The molecular formula is C14H19N5O. The zero-order chi connectivity index (χ0) is 14.4. The normalized spacial score (nSPS) is 10.2. The van der Waals surface area contributed by atoms with Crippen LogP contribution in [0.1, 0.15) is 0 Å². The lowest BCUT2D eigenvalue weighted by molar-refractivity contribution is -0.121. The number of anilines is 2. The van der Waals surface area contributed by atoms with E-state index >= 15 is 0 Å². The number of nitrogens with two attached hydrogens (primary N) is 1. The van der Waals surface area contributed by atoms with Crippen LogP contribution in [0, 0.1) is 0 Å². The number of rotatable bonds is 6. The van der Waals surface area contributed by atoms with Gasteiger partial charge in [-0.15, -0.1) is 0 Å². The first-order valence-electron chi connectivity index (χ1n) is 6.46. The van der Waals surface area contributed by atoms with Gasteiger partial charge in [-0.05, 0) is 12.1 Å². The average Bonchev–Trinajstić information content (AvgIpc) is 2.85. The van der Waals surface area contributed by atoms with Crippen molar-refractivity contribution in [2.75, 3.05) is 30.8 Å². The first kappa shape index (κ1) is 13.9. The van der Waals surface area contributed by atoms with Crippen LogP contribution in [0.3, 0.4) is 0 Å². The van der Waals surface area contributed by atoms with Gasteiger partial charge in [0.05, 0.1) is 11.9 Å². The van der Waals surface area contributed by atoms with Crippen molar-refractivity contribution in [3.63, 3.8) is 0 Å². The Kier molecular flexibility index (Phi) is 4.60. The Bertz CT molecular complexity index is 552. The fourth-order valence-electron chi connectivity index (χ4n) is 1.84. The molecule has 1 aromatic heterocycles. The van der Waals surface area contributed by atoms with Gasteiger partial charge in [0.25, 0.3) is 0 Å². The van der Waals surface area contributed by atoms with Crippen LogP contribution in [-0.4, -0.2) is 35.8 Å². The van der Waals surface area contributed by atoms with Crippen LogP contribution < -0.4 is 16.0 Å². The van der Waals surface area contributed by atoms with E-state index < -0.39 is 0 Å². The van der Waals surface area contributed by atoms with Crippen molar-refractivity contribution in [3.05, 3.63) is 42.7 Å². The summed E-state index contributed by atoms with van der Waals surface area (Å²) in [5.41, 5.74) is 7.22. The van der Waals surface area contributed by atoms with E-state index in [2.05, 4.69) is 15.3 Å². The number of aromatic nitrogens is 2. The molecule has 0 saturated heterocycles. The summed E-state index contributed by atoms with van der Waals surface area (Å²) < 4.78 is 1.52. The fraction of sp³-hybridized carbons (Fsp3) is 0.286. The first-order valence-corrected chi connectivity index (χ1v) is 6.46. The maximum absolute atomic E-state index is 11.7. The van der Waals surface area contributed by atoms with Gasteiger partial charge < -0.3 is 16.0 Å². The number of para-hydroxylation sites is 1. The Hall–Kier alpha value is -2.50. The summed E-state index contributed by atoms with van der Waals surface area (Å²) >= 11 is 0. The van der Waals surface area contributed by atoms with E-state index in [1.807, 2.05) is 37.4 Å². The van der Waals surface area contributed by atoms with Crippen LogP contribution >= 0.6 is 0 Å².